The number of aryl methyl sites for hydroxylation is 1. The number of carbonyl (C=O) groups excluding carboxylic acids is 1. The molecule has 0 bridgehead atoms. The first-order chi connectivity index (χ1) is 11.7. The molecule has 0 N–H and O–H groups in total. The summed E-state index contributed by atoms with van der Waals surface area (Å²) >= 11 is 0. The summed E-state index contributed by atoms with van der Waals surface area (Å²) in [5, 5.41) is 0. The van der Waals surface area contributed by atoms with Gasteiger partial charge in [-0.1, -0.05) is 36.4 Å². The number of amides is 1. The molecule has 4 nitrogen and oxygen atoms in total. The standard InChI is InChI=1S/C20H24N2O2/c1-16-14-22(19(15-24-16)17-8-3-2-4-9-17)20(23)12-7-11-18-10-5-6-13-21-18/h2-6,8-10,13,16,19H,7,11-12,14-15H2,1H3/t16-,19-/m1/s1. The molecule has 1 fully saturated rings. The van der Waals surface area contributed by atoms with Gasteiger partial charge in [-0.2, -0.15) is 0 Å². The van der Waals surface area contributed by atoms with Crippen LogP contribution in [0.1, 0.15) is 37.1 Å². The largest absolute Gasteiger partial charge is 0.374 e. The minimum atomic E-state index is 0.0183. The first-order valence-corrected chi connectivity index (χ1v) is 8.60. The van der Waals surface area contributed by atoms with E-state index < -0.39 is 0 Å². The second kappa shape index (κ2) is 8.06. The van der Waals surface area contributed by atoms with Crippen LogP contribution in [0.15, 0.2) is 54.7 Å². The highest BCUT2D eigenvalue weighted by atomic mass is 16.5. The van der Waals surface area contributed by atoms with Crippen LogP contribution < -0.4 is 0 Å². The Morgan fingerprint density at radius 3 is 2.75 bits per heavy atom. The third kappa shape index (κ3) is 4.20. The van der Waals surface area contributed by atoms with Crippen LogP contribution in [0, 0.1) is 0 Å². The number of carbonyl (C=O) groups is 1. The van der Waals surface area contributed by atoms with E-state index in [2.05, 4.69) is 17.1 Å². The van der Waals surface area contributed by atoms with Crippen LogP contribution in [0.5, 0.6) is 0 Å². The Labute approximate surface area is 143 Å². The normalized spacial score (nSPS) is 20.8. The van der Waals surface area contributed by atoms with E-state index in [0.717, 1.165) is 24.1 Å². The van der Waals surface area contributed by atoms with Gasteiger partial charge >= 0.3 is 0 Å². The molecule has 24 heavy (non-hydrogen) atoms. The van der Waals surface area contributed by atoms with Crippen LogP contribution in [-0.4, -0.2) is 35.0 Å². The molecule has 1 aromatic heterocycles. The molecule has 3 rings (SSSR count). The Balaban J connectivity index is 1.62. The Kier molecular flexibility index (Phi) is 5.59. The Hall–Kier alpha value is -2.20. The van der Waals surface area contributed by atoms with Gasteiger partial charge in [0.05, 0.1) is 18.8 Å². The number of morpholine rings is 1. The van der Waals surface area contributed by atoms with E-state index >= 15 is 0 Å². The quantitative estimate of drug-likeness (QED) is 0.846. The maximum absolute atomic E-state index is 12.8. The van der Waals surface area contributed by atoms with Gasteiger partial charge in [0.25, 0.3) is 0 Å². The van der Waals surface area contributed by atoms with Crippen molar-refractivity contribution in [3.05, 3.63) is 66.0 Å². The van der Waals surface area contributed by atoms with Crippen LogP contribution in [0.2, 0.25) is 0 Å². The fourth-order valence-electron chi connectivity index (χ4n) is 3.14. The van der Waals surface area contributed by atoms with E-state index in [-0.39, 0.29) is 18.1 Å². The highest BCUT2D eigenvalue weighted by molar-refractivity contribution is 5.77. The fraction of sp³-hybridized carbons (Fsp3) is 0.400. The molecule has 2 heterocycles. The number of hydrogen-bond donors (Lipinski definition) is 0. The first kappa shape index (κ1) is 16.7. The van der Waals surface area contributed by atoms with E-state index in [1.54, 1.807) is 6.20 Å². The Bertz CT molecular complexity index is 645. The van der Waals surface area contributed by atoms with Gasteiger partial charge in [-0.05, 0) is 37.5 Å². The summed E-state index contributed by atoms with van der Waals surface area (Å²) in [4.78, 5) is 19.1. The summed E-state index contributed by atoms with van der Waals surface area (Å²) in [6.07, 6.45) is 4.09. The molecule has 2 aromatic rings. The summed E-state index contributed by atoms with van der Waals surface area (Å²) in [5.41, 5.74) is 2.18. The van der Waals surface area contributed by atoms with Crippen molar-refractivity contribution in [1.82, 2.24) is 9.88 Å². The molecule has 2 atom stereocenters. The smallest absolute Gasteiger partial charge is 0.223 e. The van der Waals surface area contributed by atoms with Crippen LogP contribution >= 0.6 is 0 Å². The molecule has 4 heteroatoms. The summed E-state index contributed by atoms with van der Waals surface area (Å²) in [6, 6.07) is 16.1. The second-order valence-electron chi connectivity index (χ2n) is 6.29. The van der Waals surface area contributed by atoms with Crippen molar-refractivity contribution in [3.63, 3.8) is 0 Å². The zero-order valence-corrected chi connectivity index (χ0v) is 14.1. The average molecular weight is 324 g/mol. The lowest BCUT2D eigenvalue weighted by Crippen LogP contribution is -2.46. The fourth-order valence-corrected chi connectivity index (χ4v) is 3.14. The van der Waals surface area contributed by atoms with E-state index in [9.17, 15) is 4.79 Å². The van der Waals surface area contributed by atoms with Gasteiger partial charge in [-0.15, -0.1) is 0 Å². The van der Waals surface area contributed by atoms with Crippen molar-refractivity contribution in [2.75, 3.05) is 13.2 Å². The van der Waals surface area contributed by atoms with E-state index in [0.29, 0.717) is 19.6 Å². The first-order valence-electron chi connectivity index (χ1n) is 8.60. The molecule has 1 aliphatic heterocycles. The molecule has 0 saturated carbocycles. The van der Waals surface area contributed by atoms with Crippen LogP contribution in [0.3, 0.4) is 0 Å². The molecule has 126 valence electrons. The van der Waals surface area contributed by atoms with E-state index in [1.165, 1.54) is 0 Å². The molecular weight excluding hydrogens is 300 g/mol. The molecule has 1 saturated heterocycles. The van der Waals surface area contributed by atoms with Crippen molar-refractivity contribution >= 4 is 5.91 Å². The summed E-state index contributed by atoms with van der Waals surface area (Å²) < 4.78 is 5.80. The van der Waals surface area contributed by atoms with E-state index in [1.807, 2.05) is 48.2 Å². The van der Waals surface area contributed by atoms with Gasteiger partial charge < -0.3 is 9.64 Å². The van der Waals surface area contributed by atoms with Gasteiger partial charge in [0.1, 0.15) is 0 Å². The molecule has 0 radical (unpaired) electrons. The lowest BCUT2D eigenvalue weighted by atomic mass is 10.0. The zero-order chi connectivity index (χ0) is 16.8. The Morgan fingerprint density at radius 1 is 1.21 bits per heavy atom. The van der Waals surface area contributed by atoms with Crippen LogP contribution in [-0.2, 0) is 16.0 Å². The van der Waals surface area contributed by atoms with Gasteiger partial charge in [0.2, 0.25) is 5.91 Å². The minimum Gasteiger partial charge on any atom is -0.374 e. The lowest BCUT2D eigenvalue weighted by molar-refractivity contribution is -0.144. The van der Waals surface area contributed by atoms with E-state index in [4.69, 9.17) is 4.74 Å². The molecule has 1 aromatic carbocycles. The average Bonchev–Trinajstić information content (AvgIpc) is 2.63. The van der Waals surface area contributed by atoms with Gasteiger partial charge in [-0.3, -0.25) is 9.78 Å². The summed E-state index contributed by atoms with van der Waals surface area (Å²) in [7, 11) is 0. The number of rotatable bonds is 5. The van der Waals surface area contributed by atoms with Crippen molar-refractivity contribution in [1.29, 1.82) is 0 Å². The third-order valence-corrected chi connectivity index (χ3v) is 4.42. The predicted molar refractivity (Wildman–Crippen MR) is 93.5 cm³/mol. The predicted octanol–water partition coefficient (Wildman–Crippen LogP) is 3.39. The summed E-state index contributed by atoms with van der Waals surface area (Å²) in [6.45, 7) is 3.24. The minimum absolute atomic E-state index is 0.0183. The topological polar surface area (TPSA) is 42.4 Å². The SMILES string of the molecule is C[C@@H]1CN(C(=O)CCCc2ccccn2)[C@@H](c2ccccc2)CO1. The summed E-state index contributed by atoms with van der Waals surface area (Å²) in [5.74, 6) is 0.204. The maximum Gasteiger partial charge on any atom is 0.223 e. The molecule has 0 aliphatic carbocycles. The zero-order valence-electron chi connectivity index (χ0n) is 14.1. The molecule has 0 spiro atoms. The van der Waals surface area contributed by atoms with Crippen LogP contribution in [0.4, 0.5) is 0 Å². The lowest BCUT2D eigenvalue weighted by Gasteiger charge is -2.39. The monoisotopic (exact) mass is 324 g/mol. The second-order valence-corrected chi connectivity index (χ2v) is 6.29. The molecule has 0 unspecified atom stereocenters. The number of hydrogen-bond acceptors (Lipinski definition) is 3. The van der Waals surface area contributed by atoms with Crippen LogP contribution in [0.25, 0.3) is 0 Å². The Morgan fingerprint density at radius 2 is 2.00 bits per heavy atom. The van der Waals surface area contributed by atoms with Crippen molar-refractivity contribution in [3.8, 4) is 0 Å². The number of benzene rings is 1. The van der Waals surface area contributed by atoms with Crippen molar-refractivity contribution in [2.45, 2.75) is 38.3 Å². The third-order valence-electron chi connectivity index (χ3n) is 4.42. The van der Waals surface area contributed by atoms with Gasteiger partial charge in [0.15, 0.2) is 0 Å². The number of ether oxygens (including phenoxy) is 1. The highest BCUT2D eigenvalue weighted by Crippen LogP contribution is 2.27. The van der Waals surface area contributed by atoms with Gasteiger partial charge in [-0.25, -0.2) is 0 Å². The van der Waals surface area contributed by atoms with Crippen molar-refractivity contribution in [2.24, 2.45) is 0 Å². The van der Waals surface area contributed by atoms with Gasteiger partial charge in [0, 0.05) is 24.9 Å². The molecular formula is C20H24N2O2. The molecule has 1 amide bonds. The number of pyridine rings is 1. The molecule has 1 aliphatic rings. The highest BCUT2D eigenvalue weighted by Gasteiger charge is 2.31. The number of nitrogens with zero attached hydrogens (tertiary/aromatic N) is 2. The number of aromatic nitrogens is 1. The van der Waals surface area contributed by atoms with Crippen molar-refractivity contribution < 1.29 is 9.53 Å². The maximum atomic E-state index is 12.8.